The van der Waals surface area contributed by atoms with E-state index in [1.54, 1.807) is 0 Å². The van der Waals surface area contributed by atoms with E-state index in [0.29, 0.717) is 11.6 Å². The van der Waals surface area contributed by atoms with Crippen LogP contribution in [0, 0.1) is 0 Å². The molecule has 0 atom stereocenters. The number of halogens is 3. The Labute approximate surface area is 102 Å². The molecule has 0 saturated heterocycles. The Morgan fingerprint density at radius 2 is 2.21 bits per heavy atom. The van der Waals surface area contributed by atoms with E-state index in [-0.39, 0.29) is 0 Å². The van der Waals surface area contributed by atoms with Gasteiger partial charge in [-0.05, 0) is 17.7 Å². The zero-order valence-corrected chi connectivity index (χ0v) is 10.6. The third-order valence-electron chi connectivity index (χ3n) is 1.65. The van der Waals surface area contributed by atoms with Crippen molar-refractivity contribution in [3.63, 3.8) is 0 Å². The first kappa shape index (κ1) is 12.1. The van der Waals surface area contributed by atoms with Crippen LogP contribution in [0.4, 0.5) is 0 Å². The van der Waals surface area contributed by atoms with Crippen molar-refractivity contribution in [2.45, 2.75) is 6.54 Å². The molecule has 4 heteroatoms. The molecular weight excluding hydrogens is 285 g/mol. The lowest BCUT2D eigenvalue weighted by Crippen LogP contribution is -2.14. The van der Waals surface area contributed by atoms with Gasteiger partial charge in [0.15, 0.2) is 0 Å². The molecule has 1 rings (SSSR count). The van der Waals surface area contributed by atoms with Gasteiger partial charge in [0.1, 0.15) is 0 Å². The van der Waals surface area contributed by atoms with Gasteiger partial charge in [-0.3, -0.25) is 0 Å². The van der Waals surface area contributed by atoms with E-state index in [4.69, 9.17) is 23.2 Å². The number of rotatable bonds is 4. The van der Waals surface area contributed by atoms with Crippen LogP contribution in [0.1, 0.15) is 5.56 Å². The minimum atomic E-state index is 0.607. The number of benzene rings is 1. The fourth-order valence-electron chi connectivity index (χ4n) is 0.998. The normalized spacial score (nSPS) is 10.2. The molecule has 76 valence electrons. The Hall–Kier alpha value is -0.0200. The van der Waals surface area contributed by atoms with Gasteiger partial charge in [-0.2, -0.15) is 0 Å². The Morgan fingerprint density at radius 3 is 2.79 bits per heavy atom. The second-order valence-corrected chi connectivity index (χ2v) is 4.68. The summed E-state index contributed by atoms with van der Waals surface area (Å²) in [6.07, 6.45) is 0. The highest BCUT2D eigenvalue weighted by Crippen LogP contribution is 2.21. The van der Waals surface area contributed by atoms with Crippen molar-refractivity contribution in [1.29, 1.82) is 0 Å². The molecular formula is C10H10BrCl2N. The number of hydrogen-bond acceptors (Lipinski definition) is 1. The summed E-state index contributed by atoms with van der Waals surface area (Å²) in [6, 6.07) is 5.70. The topological polar surface area (TPSA) is 12.0 Å². The van der Waals surface area contributed by atoms with Gasteiger partial charge in [0, 0.05) is 27.6 Å². The summed E-state index contributed by atoms with van der Waals surface area (Å²) in [4.78, 5) is 0. The lowest BCUT2D eigenvalue weighted by molar-refractivity contribution is 0.752. The molecule has 0 aromatic heterocycles. The van der Waals surface area contributed by atoms with Crippen LogP contribution in [0.5, 0.6) is 0 Å². The maximum atomic E-state index is 5.82. The molecule has 0 saturated carbocycles. The molecule has 1 aromatic carbocycles. The van der Waals surface area contributed by atoms with Crippen LogP contribution in [0.2, 0.25) is 5.02 Å². The fourth-order valence-corrected chi connectivity index (χ4v) is 1.92. The molecule has 0 fully saturated rings. The summed E-state index contributed by atoms with van der Waals surface area (Å²) < 4.78 is 0.998. The highest BCUT2D eigenvalue weighted by Gasteiger charge is 1.99. The van der Waals surface area contributed by atoms with E-state index in [9.17, 15) is 0 Å². The summed E-state index contributed by atoms with van der Waals surface area (Å²) in [7, 11) is 0. The van der Waals surface area contributed by atoms with Gasteiger partial charge in [0.25, 0.3) is 0 Å². The average Bonchev–Trinajstić information content (AvgIpc) is 2.08. The van der Waals surface area contributed by atoms with E-state index in [0.717, 1.165) is 21.6 Å². The second kappa shape index (κ2) is 5.76. The Bertz CT molecular complexity index is 339. The first-order valence-corrected chi connectivity index (χ1v) is 5.62. The number of hydrogen-bond donors (Lipinski definition) is 1. The average molecular weight is 295 g/mol. The van der Waals surface area contributed by atoms with E-state index >= 15 is 0 Å². The van der Waals surface area contributed by atoms with E-state index in [1.807, 2.05) is 18.2 Å². The summed E-state index contributed by atoms with van der Waals surface area (Å²) in [5, 5.41) is 4.49. The SMILES string of the molecule is C=C(Cl)CNCc1ccc(Cl)cc1Br. The second-order valence-electron chi connectivity index (χ2n) is 2.86. The molecule has 0 spiro atoms. The van der Waals surface area contributed by atoms with Crippen LogP contribution in [0.15, 0.2) is 34.3 Å². The van der Waals surface area contributed by atoms with Gasteiger partial charge in [0.05, 0.1) is 0 Å². The maximum Gasteiger partial charge on any atom is 0.0417 e. The van der Waals surface area contributed by atoms with Crippen molar-refractivity contribution in [3.05, 3.63) is 44.9 Å². The predicted molar refractivity (Wildman–Crippen MR) is 65.9 cm³/mol. The molecule has 14 heavy (non-hydrogen) atoms. The minimum Gasteiger partial charge on any atom is -0.308 e. The Morgan fingerprint density at radius 1 is 1.50 bits per heavy atom. The van der Waals surface area contributed by atoms with Gasteiger partial charge in [-0.25, -0.2) is 0 Å². The molecule has 1 nitrogen and oxygen atoms in total. The first-order chi connectivity index (χ1) is 6.59. The molecule has 0 aliphatic carbocycles. The van der Waals surface area contributed by atoms with Crippen LogP contribution in [0.3, 0.4) is 0 Å². The Balaban J connectivity index is 2.55. The van der Waals surface area contributed by atoms with Gasteiger partial charge in [-0.15, -0.1) is 0 Å². The maximum absolute atomic E-state index is 5.82. The van der Waals surface area contributed by atoms with Crippen LogP contribution in [0.25, 0.3) is 0 Å². The zero-order chi connectivity index (χ0) is 10.6. The summed E-state index contributed by atoms with van der Waals surface area (Å²) >= 11 is 14.9. The largest absolute Gasteiger partial charge is 0.308 e. The van der Waals surface area contributed by atoms with Crippen LogP contribution in [-0.2, 0) is 6.54 Å². The predicted octanol–water partition coefficient (Wildman–Crippen LogP) is 3.94. The van der Waals surface area contributed by atoms with E-state index in [1.165, 1.54) is 0 Å². The van der Waals surface area contributed by atoms with Crippen LogP contribution >= 0.6 is 39.1 Å². The van der Waals surface area contributed by atoms with Crippen molar-refractivity contribution >= 4 is 39.1 Å². The van der Waals surface area contributed by atoms with Crippen molar-refractivity contribution in [2.75, 3.05) is 6.54 Å². The first-order valence-electron chi connectivity index (χ1n) is 4.07. The molecule has 0 unspecified atom stereocenters. The van der Waals surface area contributed by atoms with Crippen LogP contribution < -0.4 is 5.32 Å². The van der Waals surface area contributed by atoms with E-state index in [2.05, 4.69) is 27.8 Å². The third kappa shape index (κ3) is 4.01. The molecule has 0 radical (unpaired) electrons. The molecule has 0 bridgehead atoms. The van der Waals surface area contributed by atoms with Gasteiger partial charge in [-0.1, -0.05) is 51.8 Å². The quantitative estimate of drug-likeness (QED) is 0.887. The molecule has 1 N–H and O–H groups in total. The molecule has 1 aromatic rings. The molecule has 0 aliphatic rings. The lowest BCUT2D eigenvalue weighted by Gasteiger charge is -2.06. The summed E-state index contributed by atoms with van der Waals surface area (Å²) in [5.74, 6) is 0. The van der Waals surface area contributed by atoms with E-state index < -0.39 is 0 Å². The van der Waals surface area contributed by atoms with Gasteiger partial charge >= 0.3 is 0 Å². The lowest BCUT2D eigenvalue weighted by atomic mass is 10.2. The zero-order valence-electron chi connectivity index (χ0n) is 7.49. The highest BCUT2D eigenvalue weighted by molar-refractivity contribution is 9.10. The van der Waals surface area contributed by atoms with Gasteiger partial charge in [0.2, 0.25) is 0 Å². The van der Waals surface area contributed by atoms with Crippen molar-refractivity contribution in [2.24, 2.45) is 0 Å². The summed E-state index contributed by atoms with van der Waals surface area (Å²) in [5.41, 5.74) is 1.15. The standard InChI is InChI=1S/C10H10BrCl2N/c1-7(12)5-14-6-8-2-3-9(13)4-10(8)11/h2-4,14H,1,5-6H2. The molecule has 0 aliphatic heterocycles. The molecule has 0 amide bonds. The molecule has 0 heterocycles. The minimum absolute atomic E-state index is 0.607. The smallest absolute Gasteiger partial charge is 0.0417 e. The van der Waals surface area contributed by atoms with Crippen molar-refractivity contribution < 1.29 is 0 Å². The number of nitrogens with one attached hydrogen (secondary N) is 1. The summed E-state index contributed by atoms with van der Waals surface area (Å²) in [6.45, 7) is 4.94. The van der Waals surface area contributed by atoms with Crippen molar-refractivity contribution in [1.82, 2.24) is 5.32 Å². The fraction of sp³-hybridized carbons (Fsp3) is 0.200. The Kier molecular flexibility index (Phi) is 4.96. The van der Waals surface area contributed by atoms with Gasteiger partial charge < -0.3 is 5.32 Å². The monoisotopic (exact) mass is 293 g/mol. The van der Waals surface area contributed by atoms with Crippen molar-refractivity contribution in [3.8, 4) is 0 Å². The third-order valence-corrected chi connectivity index (χ3v) is 2.75. The van der Waals surface area contributed by atoms with Crippen LogP contribution in [-0.4, -0.2) is 6.54 Å². The highest BCUT2D eigenvalue weighted by atomic mass is 79.9.